The molecular weight excluding hydrogens is 522 g/mol. The standard InChI is InChI=1S/C24H33N3O8S2/c1-32-18-6-8-23(34-3)24(15-18)37(30,31)27-12-10-26(11-13-27)21-16-20(7-9-22(21)33-2)36(28,29)25-17-19-5-4-14-35-19/h6-9,15-16,19,25H,4-5,10-14,17H2,1-3H3. The normalized spacial score (nSPS) is 19.1. The number of methoxy groups -OCH3 is 3. The van der Waals surface area contributed by atoms with Crippen molar-refractivity contribution < 1.29 is 35.8 Å². The fraction of sp³-hybridized carbons (Fsp3) is 0.500. The highest BCUT2D eigenvalue weighted by molar-refractivity contribution is 7.89. The van der Waals surface area contributed by atoms with Crippen LogP contribution in [0.5, 0.6) is 17.2 Å². The lowest BCUT2D eigenvalue weighted by Gasteiger charge is -2.36. The van der Waals surface area contributed by atoms with Crippen molar-refractivity contribution in [2.45, 2.75) is 28.7 Å². The molecule has 13 heteroatoms. The molecule has 2 saturated heterocycles. The van der Waals surface area contributed by atoms with Gasteiger partial charge in [-0.15, -0.1) is 0 Å². The van der Waals surface area contributed by atoms with Crippen LogP contribution in [0.2, 0.25) is 0 Å². The van der Waals surface area contributed by atoms with Gasteiger partial charge in [0.1, 0.15) is 22.1 Å². The van der Waals surface area contributed by atoms with Gasteiger partial charge in [0.15, 0.2) is 0 Å². The number of rotatable bonds is 10. The first-order valence-corrected chi connectivity index (χ1v) is 14.9. The summed E-state index contributed by atoms with van der Waals surface area (Å²) in [6.45, 7) is 1.93. The number of hydrogen-bond donors (Lipinski definition) is 1. The van der Waals surface area contributed by atoms with Crippen molar-refractivity contribution in [3.05, 3.63) is 36.4 Å². The Labute approximate surface area is 218 Å². The first kappa shape index (κ1) is 27.5. The van der Waals surface area contributed by atoms with E-state index in [2.05, 4.69) is 4.72 Å². The van der Waals surface area contributed by atoms with Gasteiger partial charge in [0, 0.05) is 45.4 Å². The molecule has 0 aliphatic carbocycles. The molecule has 204 valence electrons. The minimum Gasteiger partial charge on any atom is -0.497 e. The predicted octanol–water partition coefficient (Wildman–Crippen LogP) is 1.68. The molecule has 2 heterocycles. The lowest BCUT2D eigenvalue weighted by molar-refractivity contribution is 0.114. The fourth-order valence-electron chi connectivity index (χ4n) is 4.47. The molecular formula is C24H33N3O8S2. The van der Waals surface area contributed by atoms with E-state index >= 15 is 0 Å². The van der Waals surface area contributed by atoms with Crippen LogP contribution in [0.25, 0.3) is 0 Å². The molecule has 2 aromatic carbocycles. The Kier molecular flexibility index (Phi) is 8.49. The molecule has 0 saturated carbocycles. The van der Waals surface area contributed by atoms with E-state index in [1.807, 2.05) is 4.90 Å². The van der Waals surface area contributed by atoms with Crippen LogP contribution in [0.1, 0.15) is 12.8 Å². The van der Waals surface area contributed by atoms with Gasteiger partial charge in [0.05, 0.1) is 38.0 Å². The first-order valence-electron chi connectivity index (χ1n) is 12.0. The molecule has 0 bridgehead atoms. The van der Waals surface area contributed by atoms with Crippen LogP contribution in [0.3, 0.4) is 0 Å². The predicted molar refractivity (Wildman–Crippen MR) is 138 cm³/mol. The maximum atomic E-state index is 13.4. The van der Waals surface area contributed by atoms with E-state index < -0.39 is 20.0 Å². The molecule has 37 heavy (non-hydrogen) atoms. The monoisotopic (exact) mass is 555 g/mol. The van der Waals surface area contributed by atoms with Crippen molar-refractivity contribution in [1.82, 2.24) is 9.03 Å². The topological polar surface area (TPSA) is 124 Å². The van der Waals surface area contributed by atoms with E-state index in [1.54, 1.807) is 24.3 Å². The summed E-state index contributed by atoms with van der Waals surface area (Å²) in [7, 11) is -3.22. The highest BCUT2D eigenvalue weighted by Gasteiger charge is 2.32. The van der Waals surface area contributed by atoms with Crippen molar-refractivity contribution in [2.24, 2.45) is 0 Å². The zero-order chi connectivity index (χ0) is 26.6. The van der Waals surface area contributed by atoms with Gasteiger partial charge >= 0.3 is 0 Å². The number of hydrogen-bond acceptors (Lipinski definition) is 9. The van der Waals surface area contributed by atoms with Crippen molar-refractivity contribution >= 4 is 25.7 Å². The van der Waals surface area contributed by atoms with Crippen molar-refractivity contribution in [3.63, 3.8) is 0 Å². The Morgan fingerprint density at radius 1 is 0.919 bits per heavy atom. The van der Waals surface area contributed by atoms with Gasteiger partial charge in [-0.2, -0.15) is 4.31 Å². The average molecular weight is 556 g/mol. The van der Waals surface area contributed by atoms with E-state index in [4.69, 9.17) is 18.9 Å². The molecule has 2 aromatic rings. The third-order valence-corrected chi connectivity index (χ3v) is 9.89. The summed E-state index contributed by atoms with van der Waals surface area (Å²) in [5.74, 6) is 1.15. The van der Waals surface area contributed by atoms with Crippen molar-refractivity contribution in [2.75, 3.05) is 65.6 Å². The fourth-order valence-corrected chi connectivity index (χ4v) is 7.15. The number of ether oxygens (including phenoxy) is 4. The number of benzene rings is 2. The third kappa shape index (κ3) is 5.96. The molecule has 2 fully saturated rings. The number of sulfonamides is 2. The minimum atomic E-state index is -3.85. The van der Waals surface area contributed by atoms with E-state index in [9.17, 15) is 16.8 Å². The molecule has 0 amide bonds. The van der Waals surface area contributed by atoms with Crippen LogP contribution >= 0.6 is 0 Å². The quantitative estimate of drug-likeness (QED) is 0.466. The molecule has 0 radical (unpaired) electrons. The summed E-state index contributed by atoms with van der Waals surface area (Å²) >= 11 is 0. The van der Waals surface area contributed by atoms with Crippen LogP contribution in [0, 0.1) is 0 Å². The number of nitrogens with zero attached hydrogens (tertiary/aromatic N) is 2. The zero-order valence-corrected chi connectivity index (χ0v) is 22.8. The lowest BCUT2D eigenvalue weighted by atomic mass is 10.2. The smallest absolute Gasteiger partial charge is 0.247 e. The second-order valence-corrected chi connectivity index (χ2v) is 12.4. The van der Waals surface area contributed by atoms with Gasteiger partial charge in [-0.3, -0.25) is 0 Å². The highest BCUT2D eigenvalue weighted by atomic mass is 32.2. The Morgan fingerprint density at radius 3 is 2.24 bits per heavy atom. The van der Waals surface area contributed by atoms with Crippen LogP contribution in [-0.2, 0) is 24.8 Å². The molecule has 1 atom stereocenters. The Balaban J connectivity index is 1.51. The van der Waals surface area contributed by atoms with Crippen LogP contribution < -0.4 is 23.8 Å². The summed E-state index contributed by atoms with van der Waals surface area (Å²) in [5, 5.41) is 0. The summed E-state index contributed by atoms with van der Waals surface area (Å²) in [6.07, 6.45) is 1.63. The van der Waals surface area contributed by atoms with Crippen molar-refractivity contribution in [1.29, 1.82) is 0 Å². The van der Waals surface area contributed by atoms with Crippen LogP contribution in [0.4, 0.5) is 5.69 Å². The van der Waals surface area contributed by atoms with Gasteiger partial charge in [-0.25, -0.2) is 21.6 Å². The van der Waals surface area contributed by atoms with Crippen LogP contribution in [0.15, 0.2) is 46.2 Å². The summed E-state index contributed by atoms with van der Waals surface area (Å²) in [6, 6.07) is 9.31. The lowest BCUT2D eigenvalue weighted by Crippen LogP contribution is -2.48. The molecule has 2 aliphatic rings. The number of anilines is 1. The Morgan fingerprint density at radius 2 is 1.62 bits per heavy atom. The molecule has 2 aliphatic heterocycles. The minimum absolute atomic E-state index is 0.0331. The molecule has 1 unspecified atom stereocenters. The van der Waals surface area contributed by atoms with Gasteiger partial charge in [0.25, 0.3) is 0 Å². The molecule has 4 rings (SSSR count). The third-order valence-electron chi connectivity index (χ3n) is 6.55. The maximum absolute atomic E-state index is 13.4. The molecule has 1 N–H and O–H groups in total. The largest absolute Gasteiger partial charge is 0.497 e. The highest BCUT2D eigenvalue weighted by Crippen LogP contribution is 2.34. The number of nitrogens with one attached hydrogen (secondary N) is 1. The van der Waals surface area contributed by atoms with E-state index in [-0.39, 0.29) is 41.3 Å². The zero-order valence-electron chi connectivity index (χ0n) is 21.2. The Bertz CT molecular complexity index is 1300. The van der Waals surface area contributed by atoms with E-state index in [1.165, 1.54) is 37.8 Å². The van der Waals surface area contributed by atoms with Crippen molar-refractivity contribution in [3.8, 4) is 17.2 Å². The summed E-state index contributed by atoms with van der Waals surface area (Å²) < 4.78 is 78.2. The maximum Gasteiger partial charge on any atom is 0.247 e. The second kappa shape index (κ2) is 11.4. The Hall–Kier alpha value is -2.58. The summed E-state index contributed by atoms with van der Waals surface area (Å²) in [5.41, 5.74) is 0.582. The van der Waals surface area contributed by atoms with Crippen LogP contribution in [-0.4, -0.2) is 87.9 Å². The average Bonchev–Trinajstić information content (AvgIpc) is 3.45. The van der Waals surface area contributed by atoms with Gasteiger partial charge in [-0.1, -0.05) is 0 Å². The molecule has 0 aromatic heterocycles. The molecule has 11 nitrogen and oxygen atoms in total. The van der Waals surface area contributed by atoms with Gasteiger partial charge in [-0.05, 0) is 43.2 Å². The molecule has 0 spiro atoms. The van der Waals surface area contributed by atoms with E-state index in [0.29, 0.717) is 36.9 Å². The number of piperazine rings is 1. The van der Waals surface area contributed by atoms with Gasteiger partial charge in [0.2, 0.25) is 20.0 Å². The summed E-state index contributed by atoms with van der Waals surface area (Å²) in [4.78, 5) is 2.07. The van der Waals surface area contributed by atoms with E-state index in [0.717, 1.165) is 12.8 Å². The first-order chi connectivity index (χ1) is 17.7. The second-order valence-electron chi connectivity index (χ2n) is 8.73. The van der Waals surface area contributed by atoms with Gasteiger partial charge < -0.3 is 23.8 Å². The SMILES string of the molecule is COc1ccc(OC)c(S(=O)(=O)N2CCN(c3cc(S(=O)(=O)NCC4CCCO4)ccc3OC)CC2)c1.